The summed E-state index contributed by atoms with van der Waals surface area (Å²) in [5.41, 5.74) is 4.28. The maximum atomic E-state index is 11.0. The number of rotatable bonds is 1. The summed E-state index contributed by atoms with van der Waals surface area (Å²) in [4.78, 5) is 11.0. The van der Waals surface area contributed by atoms with E-state index in [1.807, 2.05) is 34.6 Å². The molecular weight excluding hydrogens is 248 g/mol. The maximum absolute atomic E-state index is 11.0. The molecule has 0 N–H and O–H groups in total. The highest BCUT2D eigenvalue weighted by Gasteiger charge is 2.32. The first kappa shape index (κ1) is 18.7. The first-order chi connectivity index (χ1) is 9.47. The van der Waals surface area contributed by atoms with Crippen molar-refractivity contribution in [3.8, 4) is 5.75 Å². The van der Waals surface area contributed by atoms with Crippen LogP contribution in [0.1, 0.15) is 63.3 Å². The minimum absolute atomic E-state index is 0.641. The molecule has 20 heavy (non-hydrogen) atoms. The Labute approximate surface area is 124 Å². The van der Waals surface area contributed by atoms with Crippen molar-refractivity contribution in [2.24, 2.45) is 0 Å². The van der Waals surface area contributed by atoms with Gasteiger partial charge in [-0.15, -0.1) is 0 Å². The second kappa shape index (κ2) is 8.08. The third kappa shape index (κ3) is 3.84. The molecule has 0 spiro atoms. The zero-order chi connectivity index (χ0) is 15.9. The van der Waals surface area contributed by atoms with E-state index in [0.29, 0.717) is 0 Å². The Hall–Kier alpha value is -1.31. The number of benzene rings is 1. The number of fused-ring (bicyclic) bond motifs is 1. The molecule has 1 aromatic rings. The highest BCUT2D eigenvalue weighted by molar-refractivity contribution is 5.65. The van der Waals surface area contributed by atoms with Crippen LogP contribution in [0.4, 0.5) is 0 Å². The summed E-state index contributed by atoms with van der Waals surface area (Å²) in [6.45, 7) is 16.1. The predicted octanol–water partition coefficient (Wildman–Crippen LogP) is 4.95. The SMILES string of the molecule is CC.CC.Cc1cc(C)c2c(c1C)O[C@](C)(C=O)CC2. The van der Waals surface area contributed by atoms with Crippen LogP contribution in [0.25, 0.3) is 0 Å². The summed E-state index contributed by atoms with van der Waals surface area (Å²) in [6.07, 6.45) is 2.62. The first-order valence-corrected chi connectivity index (χ1v) is 7.72. The lowest BCUT2D eigenvalue weighted by Crippen LogP contribution is -2.38. The number of carbonyl (C=O) groups excluding carboxylic acids is 1. The standard InChI is InChI=1S/C14H18O2.2C2H6/c1-9-7-10(2)12-5-6-14(4,8-15)16-13(12)11(9)3;2*1-2/h7-8H,5-6H2,1-4H3;2*1-2H3/t14-;;/m0../s1. The van der Waals surface area contributed by atoms with Gasteiger partial charge in [-0.1, -0.05) is 33.8 Å². The molecule has 1 aliphatic heterocycles. The van der Waals surface area contributed by atoms with Crippen molar-refractivity contribution in [1.29, 1.82) is 0 Å². The second-order valence-corrected chi connectivity index (χ2v) is 4.98. The molecule has 1 aromatic carbocycles. The average molecular weight is 278 g/mol. The van der Waals surface area contributed by atoms with Crippen molar-refractivity contribution in [2.75, 3.05) is 0 Å². The van der Waals surface area contributed by atoms with Crippen LogP contribution in [0.5, 0.6) is 5.75 Å². The van der Waals surface area contributed by atoms with Gasteiger partial charge in [0.1, 0.15) is 5.75 Å². The Balaban J connectivity index is 0.000000829. The molecule has 114 valence electrons. The summed E-state index contributed by atoms with van der Waals surface area (Å²) in [5, 5.41) is 0. The largest absolute Gasteiger partial charge is 0.480 e. The molecule has 0 saturated carbocycles. The third-order valence-electron chi connectivity index (χ3n) is 3.57. The number of carbonyl (C=O) groups is 1. The smallest absolute Gasteiger partial charge is 0.163 e. The van der Waals surface area contributed by atoms with Crippen molar-refractivity contribution in [2.45, 2.75) is 73.8 Å². The highest BCUT2D eigenvalue weighted by Crippen LogP contribution is 2.38. The van der Waals surface area contributed by atoms with Gasteiger partial charge in [-0.3, -0.25) is 4.79 Å². The minimum atomic E-state index is -0.641. The van der Waals surface area contributed by atoms with Crippen molar-refractivity contribution in [3.63, 3.8) is 0 Å². The van der Waals surface area contributed by atoms with Crippen molar-refractivity contribution >= 4 is 6.29 Å². The lowest BCUT2D eigenvalue weighted by Gasteiger charge is -2.33. The molecule has 1 heterocycles. The topological polar surface area (TPSA) is 26.3 Å². The monoisotopic (exact) mass is 278 g/mol. The molecule has 0 aliphatic carbocycles. The number of hydrogen-bond acceptors (Lipinski definition) is 2. The minimum Gasteiger partial charge on any atom is -0.480 e. The zero-order valence-corrected chi connectivity index (χ0v) is 14.4. The van der Waals surface area contributed by atoms with Crippen molar-refractivity contribution in [3.05, 3.63) is 28.3 Å². The molecule has 0 saturated heterocycles. The molecule has 1 atom stereocenters. The predicted molar refractivity (Wildman–Crippen MR) is 86.8 cm³/mol. The van der Waals surface area contributed by atoms with Crippen LogP contribution in [0, 0.1) is 20.8 Å². The van der Waals surface area contributed by atoms with Gasteiger partial charge in [-0.05, 0) is 62.8 Å². The fourth-order valence-corrected chi connectivity index (χ4v) is 2.29. The van der Waals surface area contributed by atoms with E-state index < -0.39 is 5.60 Å². The summed E-state index contributed by atoms with van der Waals surface area (Å²) in [7, 11) is 0. The zero-order valence-electron chi connectivity index (χ0n) is 14.4. The van der Waals surface area contributed by atoms with Crippen molar-refractivity contribution < 1.29 is 9.53 Å². The van der Waals surface area contributed by atoms with Gasteiger partial charge < -0.3 is 4.74 Å². The lowest BCUT2D eigenvalue weighted by atomic mass is 9.88. The molecule has 0 aromatic heterocycles. The Morgan fingerprint density at radius 3 is 2.15 bits per heavy atom. The second-order valence-electron chi connectivity index (χ2n) is 4.98. The van der Waals surface area contributed by atoms with Crippen LogP contribution in [-0.4, -0.2) is 11.9 Å². The van der Waals surface area contributed by atoms with E-state index in [2.05, 4.69) is 26.8 Å². The van der Waals surface area contributed by atoms with Gasteiger partial charge in [0, 0.05) is 0 Å². The van der Waals surface area contributed by atoms with E-state index in [1.54, 1.807) is 0 Å². The van der Waals surface area contributed by atoms with Crippen LogP contribution in [-0.2, 0) is 11.2 Å². The normalized spacial score (nSPS) is 19.4. The van der Waals surface area contributed by atoms with Crippen LogP contribution < -0.4 is 4.74 Å². The molecule has 2 heteroatoms. The molecule has 0 fully saturated rings. The van der Waals surface area contributed by atoms with Gasteiger partial charge in [0.25, 0.3) is 0 Å². The average Bonchev–Trinajstić information content (AvgIpc) is 2.49. The summed E-state index contributed by atoms with van der Waals surface area (Å²) >= 11 is 0. The lowest BCUT2D eigenvalue weighted by molar-refractivity contribution is -0.121. The van der Waals surface area contributed by atoms with Gasteiger partial charge >= 0.3 is 0 Å². The number of hydrogen-bond donors (Lipinski definition) is 0. The number of aryl methyl sites for hydroxylation is 2. The highest BCUT2D eigenvalue weighted by atomic mass is 16.5. The molecule has 2 nitrogen and oxygen atoms in total. The Morgan fingerprint density at radius 1 is 1.10 bits per heavy atom. The summed E-state index contributed by atoms with van der Waals surface area (Å²) < 4.78 is 5.89. The van der Waals surface area contributed by atoms with E-state index in [4.69, 9.17) is 4.74 Å². The van der Waals surface area contributed by atoms with E-state index in [9.17, 15) is 4.79 Å². The van der Waals surface area contributed by atoms with E-state index >= 15 is 0 Å². The van der Waals surface area contributed by atoms with Crippen LogP contribution in [0.3, 0.4) is 0 Å². The first-order valence-electron chi connectivity index (χ1n) is 7.72. The van der Waals surface area contributed by atoms with E-state index in [-0.39, 0.29) is 0 Å². The Kier molecular flexibility index (Phi) is 7.55. The molecule has 2 rings (SSSR count). The van der Waals surface area contributed by atoms with E-state index in [0.717, 1.165) is 30.4 Å². The maximum Gasteiger partial charge on any atom is 0.163 e. The number of ether oxygens (including phenoxy) is 1. The number of aldehydes is 1. The quantitative estimate of drug-likeness (QED) is 0.680. The molecule has 0 radical (unpaired) electrons. The van der Waals surface area contributed by atoms with Crippen LogP contribution >= 0.6 is 0 Å². The van der Waals surface area contributed by atoms with Gasteiger partial charge in [0.2, 0.25) is 0 Å². The molecular formula is C18H30O2. The fraction of sp³-hybridized carbons (Fsp3) is 0.611. The summed E-state index contributed by atoms with van der Waals surface area (Å²) in [5.74, 6) is 0.929. The Morgan fingerprint density at radius 2 is 1.65 bits per heavy atom. The van der Waals surface area contributed by atoms with E-state index in [1.165, 1.54) is 16.7 Å². The van der Waals surface area contributed by atoms with Gasteiger partial charge in [0.15, 0.2) is 11.9 Å². The van der Waals surface area contributed by atoms with Gasteiger partial charge in [-0.2, -0.15) is 0 Å². The van der Waals surface area contributed by atoms with Crippen LogP contribution in [0.15, 0.2) is 6.07 Å². The third-order valence-corrected chi connectivity index (χ3v) is 3.57. The molecule has 0 unspecified atom stereocenters. The summed E-state index contributed by atoms with van der Waals surface area (Å²) in [6, 6.07) is 2.20. The molecule has 1 aliphatic rings. The fourth-order valence-electron chi connectivity index (χ4n) is 2.29. The van der Waals surface area contributed by atoms with Gasteiger partial charge in [-0.25, -0.2) is 0 Å². The molecule has 0 bridgehead atoms. The van der Waals surface area contributed by atoms with Gasteiger partial charge in [0.05, 0.1) is 0 Å². The van der Waals surface area contributed by atoms with Crippen LogP contribution in [0.2, 0.25) is 0 Å². The molecule has 0 amide bonds. The Bertz CT molecular complexity index is 449. The van der Waals surface area contributed by atoms with Crippen molar-refractivity contribution in [1.82, 2.24) is 0 Å².